The molecule has 0 bridgehead atoms. The van der Waals surface area contributed by atoms with Gasteiger partial charge in [0.15, 0.2) is 6.29 Å². The van der Waals surface area contributed by atoms with Gasteiger partial charge in [0.05, 0.1) is 17.5 Å². The molecule has 82 valence electrons. The number of thioether (sulfide) groups is 1. The van der Waals surface area contributed by atoms with Gasteiger partial charge in [0.2, 0.25) is 0 Å². The van der Waals surface area contributed by atoms with E-state index < -0.39 is 0 Å². The molecule has 0 aliphatic rings. The first kappa shape index (κ1) is 11.0. The summed E-state index contributed by atoms with van der Waals surface area (Å²) in [7, 11) is 0. The van der Waals surface area contributed by atoms with Crippen LogP contribution in [0.4, 0.5) is 0 Å². The van der Waals surface area contributed by atoms with Crippen molar-refractivity contribution in [3.05, 3.63) is 36.0 Å². The molecule has 3 nitrogen and oxygen atoms in total. The second-order valence-corrected chi connectivity index (χ2v) is 4.61. The molecule has 0 saturated carbocycles. The van der Waals surface area contributed by atoms with Crippen LogP contribution < -0.4 is 0 Å². The third-order valence-electron chi connectivity index (χ3n) is 2.25. The number of nitrogens with one attached hydrogen (secondary N) is 1. The predicted octanol–water partition coefficient (Wildman–Crippen LogP) is 3.00. The molecule has 0 atom stereocenters. The Morgan fingerprint density at radius 1 is 1.38 bits per heavy atom. The Morgan fingerprint density at radius 3 is 2.75 bits per heavy atom. The first-order valence-corrected chi connectivity index (χ1v) is 6.05. The van der Waals surface area contributed by atoms with Crippen LogP contribution in [0.5, 0.6) is 0 Å². The standard InChI is InChI=1S/C12H12N2OS/c1-2-16-11-5-3-9(4-6-11)12-10(8-15)7-13-14-12/h3-8H,2H2,1H3,(H,13,14). The highest BCUT2D eigenvalue weighted by Crippen LogP contribution is 2.24. The molecule has 0 aliphatic heterocycles. The minimum absolute atomic E-state index is 0.593. The molecule has 1 aromatic carbocycles. The van der Waals surface area contributed by atoms with Crippen molar-refractivity contribution in [1.29, 1.82) is 0 Å². The molecule has 0 unspecified atom stereocenters. The van der Waals surface area contributed by atoms with Crippen LogP contribution in [0.25, 0.3) is 11.3 Å². The number of aromatic nitrogens is 2. The van der Waals surface area contributed by atoms with Crippen molar-refractivity contribution in [2.24, 2.45) is 0 Å². The van der Waals surface area contributed by atoms with Gasteiger partial charge in [-0.15, -0.1) is 11.8 Å². The van der Waals surface area contributed by atoms with Gasteiger partial charge < -0.3 is 0 Å². The second kappa shape index (κ2) is 4.99. The first-order valence-electron chi connectivity index (χ1n) is 5.07. The maximum absolute atomic E-state index is 10.8. The van der Waals surface area contributed by atoms with Crippen molar-refractivity contribution in [1.82, 2.24) is 10.2 Å². The third kappa shape index (κ3) is 2.17. The van der Waals surface area contributed by atoms with Crippen LogP contribution in [0.2, 0.25) is 0 Å². The summed E-state index contributed by atoms with van der Waals surface area (Å²) in [5.41, 5.74) is 2.36. The van der Waals surface area contributed by atoms with Gasteiger partial charge in [0, 0.05) is 10.5 Å². The van der Waals surface area contributed by atoms with Gasteiger partial charge in [-0.1, -0.05) is 19.1 Å². The lowest BCUT2D eigenvalue weighted by Crippen LogP contribution is -1.84. The summed E-state index contributed by atoms with van der Waals surface area (Å²) in [5.74, 6) is 1.06. The van der Waals surface area contributed by atoms with E-state index in [1.165, 1.54) is 11.1 Å². The Bertz CT molecular complexity index is 476. The van der Waals surface area contributed by atoms with E-state index in [9.17, 15) is 4.79 Å². The molecule has 0 saturated heterocycles. The normalized spacial score (nSPS) is 10.3. The molecule has 0 spiro atoms. The molecule has 1 N–H and O–H groups in total. The number of benzene rings is 1. The molecule has 1 heterocycles. The van der Waals surface area contributed by atoms with Gasteiger partial charge in [-0.25, -0.2) is 0 Å². The van der Waals surface area contributed by atoms with Crippen molar-refractivity contribution < 1.29 is 4.79 Å². The van der Waals surface area contributed by atoms with Crippen LogP contribution in [0.15, 0.2) is 35.4 Å². The summed E-state index contributed by atoms with van der Waals surface area (Å²) in [6, 6.07) is 8.11. The van der Waals surface area contributed by atoms with Crippen LogP contribution in [0, 0.1) is 0 Å². The van der Waals surface area contributed by atoms with E-state index in [2.05, 4.69) is 29.3 Å². The van der Waals surface area contributed by atoms with E-state index in [0.717, 1.165) is 23.3 Å². The SMILES string of the molecule is CCSc1ccc(-c2[nH]ncc2C=O)cc1. The Balaban J connectivity index is 2.31. The molecule has 1 aromatic heterocycles. The Labute approximate surface area is 98.3 Å². The summed E-state index contributed by atoms with van der Waals surface area (Å²) in [4.78, 5) is 12.0. The van der Waals surface area contributed by atoms with E-state index in [1.54, 1.807) is 11.8 Å². The van der Waals surface area contributed by atoms with Crippen LogP contribution in [-0.2, 0) is 0 Å². The van der Waals surface area contributed by atoms with Crippen LogP contribution in [0.3, 0.4) is 0 Å². The number of aromatic amines is 1. The molecule has 0 amide bonds. The molecule has 0 fully saturated rings. The highest BCUT2D eigenvalue weighted by Gasteiger charge is 2.06. The third-order valence-corrected chi connectivity index (χ3v) is 3.14. The Morgan fingerprint density at radius 2 is 2.12 bits per heavy atom. The van der Waals surface area contributed by atoms with Gasteiger partial charge in [0.25, 0.3) is 0 Å². The number of aldehydes is 1. The van der Waals surface area contributed by atoms with Crippen molar-refractivity contribution in [2.45, 2.75) is 11.8 Å². The highest BCUT2D eigenvalue weighted by molar-refractivity contribution is 7.99. The number of H-pyrrole nitrogens is 1. The lowest BCUT2D eigenvalue weighted by Gasteiger charge is -2.01. The summed E-state index contributed by atoms with van der Waals surface area (Å²) >= 11 is 1.80. The minimum Gasteiger partial charge on any atom is -0.298 e. The molecule has 16 heavy (non-hydrogen) atoms. The summed E-state index contributed by atoms with van der Waals surface area (Å²) in [5, 5.41) is 6.70. The number of rotatable bonds is 4. The van der Waals surface area contributed by atoms with E-state index in [1.807, 2.05) is 12.1 Å². The molecule has 2 rings (SSSR count). The Kier molecular flexibility index (Phi) is 3.41. The molecular formula is C12H12N2OS. The average molecular weight is 232 g/mol. The molecular weight excluding hydrogens is 220 g/mol. The monoisotopic (exact) mass is 232 g/mol. The lowest BCUT2D eigenvalue weighted by atomic mass is 10.1. The number of hydrogen-bond acceptors (Lipinski definition) is 3. The predicted molar refractivity (Wildman–Crippen MR) is 65.8 cm³/mol. The summed E-state index contributed by atoms with van der Waals surface area (Å²) in [6.07, 6.45) is 2.35. The zero-order valence-corrected chi connectivity index (χ0v) is 9.75. The fraction of sp³-hybridized carbons (Fsp3) is 0.167. The Hall–Kier alpha value is -1.55. The number of hydrogen-bond donors (Lipinski definition) is 1. The molecule has 0 aliphatic carbocycles. The van der Waals surface area contributed by atoms with Gasteiger partial charge in [-0.2, -0.15) is 5.10 Å². The van der Waals surface area contributed by atoms with Gasteiger partial charge >= 0.3 is 0 Å². The number of carbonyl (C=O) groups excluding carboxylic acids is 1. The lowest BCUT2D eigenvalue weighted by molar-refractivity contribution is 0.112. The molecule has 0 radical (unpaired) electrons. The zero-order chi connectivity index (χ0) is 11.4. The summed E-state index contributed by atoms with van der Waals surface area (Å²) < 4.78 is 0. The largest absolute Gasteiger partial charge is 0.298 e. The number of nitrogens with zero attached hydrogens (tertiary/aromatic N) is 1. The zero-order valence-electron chi connectivity index (χ0n) is 8.93. The highest BCUT2D eigenvalue weighted by atomic mass is 32.2. The van der Waals surface area contributed by atoms with Gasteiger partial charge in [-0.05, 0) is 17.9 Å². The summed E-state index contributed by atoms with van der Waals surface area (Å²) in [6.45, 7) is 2.12. The minimum atomic E-state index is 0.593. The van der Waals surface area contributed by atoms with E-state index >= 15 is 0 Å². The van der Waals surface area contributed by atoms with Crippen molar-refractivity contribution in [3.63, 3.8) is 0 Å². The van der Waals surface area contributed by atoms with Crippen LogP contribution in [0.1, 0.15) is 17.3 Å². The second-order valence-electron chi connectivity index (χ2n) is 3.28. The van der Waals surface area contributed by atoms with Crippen molar-refractivity contribution in [2.75, 3.05) is 5.75 Å². The average Bonchev–Trinajstić information content (AvgIpc) is 2.78. The van der Waals surface area contributed by atoms with Gasteiger partial charge in [-0.3, -0.25) is 9.89 Å². The topological polar surface area (TPSA) is 45.8 Å². The fourth-order valence-corrected chi connectivity index (χ4v) is 2.16. The first-order chi connectivity index (χ1) is 7.85. The fourth-order valence-electron chi connectivity index (χ4n) is 1.50. The van der Waals surface area contributed by atoms with Crippen molar-refractivity contribution >= 4 is 18.0 Å². The van der Waals surface area contributed by atoms with Crippen LogP contribution >= 0.6 is 11.8 Å². The quantitative estimate of drug-likeness (QED) is 0.651. The molecule has 4 heteroatoms. The van der Waals surface area contributed by atoms with E-state index in [-0.39, 0.29) is 0 Å². The molecule has 2 aromatic rings. The van der Waals surface area contributed by atoms with E-state index in [0.29, 0.717) is 5.56 Å². The maximum atomic E-state index is 10.8. The van der Waals surface area contributed by atoms with Crippen molar-refractivity contribution in [3.8, 4) is 11.3 Å². The van der Waals surface area contributed by atoms with Crippen LogP contribution in [-0.4, -0.2) is 22.2 Å². The van der Waals surface area contributed by atoms with Gasteiger partial charge in [0.1, 0.15) is 0 Å². The van der Waals surface area contributed by atoms with E-state index in [4.69, 9.17) is 0 Å². The smallest absolute Gasteiger partial charge is 0.153 e. The number of carbonyl (C=O) groups is 1. The maximum Gasteiger partial charge on any atom is 0.153 e.